The fourth-order valence-corrected chi connectivity index (χ4v) is 8.47. The van der Waals surface area contributed by atoms with Gasteiger partial charge >= 0.3 is 0 Å². The molecule has 2 saturated carbocycles. The van der Waals surface area contributed by atoms with Gasteiger partial charge in [-0.15, -0.1) is 0 Å². The lowest BCUT2D eigenvalue weighted by molar-refractivity contribution is 0.407. The standard InChI is InChI=1S/C21H25F4N2P/c22-16-13-17(19(24)20(25)18(16)23)27-12-11-26-21(27)28(14-7-3-1-4-8-14)15-9-5-2-6-10-15/h11-15H,1-10H2. The van der Waals surface area contributed by atoms with Crippen LogP contribution in [0, 0.1) is 23.3 Å². The Balaban J connectivity index is 1.78. The predicted molar refractivity (Wildman–Crippen MR) is 104 cm³/mol. The van der Waals surface area contributed by atoms with Crippen LogP contribution in [0.15, 0.2) is 18.5 Å². The van der Waals surface area contributed by atoms with Crippen molar-refractivity contribution in [1.29, 1.82) is 0 Å². The highest BCUT2D eigenvalue weighted by molar-refractivity contribution is 7.66. The molecule has 1 aromatic heterocycles. The molecule has 0 atom stereocenters. The van der Waals surface area contributed by atoms with Crippen molar-refractivity contribution in [2.75, 3.05) is 0 Å². The van der Waals surface area contributed by atoms with Crippen LogP contribution >= 0.6 is 7.92 Å². The first-order valence-corrected chi connectivity index (χ1v) is 11.7. The normalized spacial score (nSPS) is 19.5. The molecule has 1 aromatic carbocycles. The summed E-state index contributed by atoms with van der Waals surface area (Å²) in [5.41, 5.74) is 1.44. The Labute approximate surface area is 164 Å². The number of nitrogens with zero attached hydrogens (tertiary/aromatic N) is 2. The van der Waals surface area contributed by atoms with Crippen LogP contribution < -0.4 is 5.57 Å². The predicted octanol–water partition coefficient (Wildman–Crippen LogP) is 6.20. The Bertz CT molecular complexity index is 808. The van der Waals surface area contributed by atoms with Crippen molar-refractivity contribution in [3.63, 3.8) is 0 Å². The maximum atomic E-state index is 14.5. The fourth-order valence-electron chi connectivity index (χ4n) is 4.75. The maximum absolute atomic E-state index is 14.5. The number of rotatable bonds is 4. The molecule has 2 aliphatic carbocycles. The van der Waals surface area contributed by atoms with E-state index in [2.05, 4.69) is 4.98 Å². The van der Waals surface area contributed by atoms with Gasteiger partial charge in [0, 0.05) is 18.5 Å². The third-order valence-corrected chi connectivity index (χ3v) is 9.53. The van der Waals surface area contributed by atoms with E-state index >= 15 is 0 Å². The number of hydrogen-bond donors (Lipinski definition) is 0. The van der Waals surface area contributed by atoms with Gasteiger partial charge in [-0.1, -0.05) is 38.5 Å². The van der Waals surface area contributed by atoms with Crippen LogP contribution in [0.1, 0.15) is 64.2 Å². The maximum Gasteiger partial charge on any atom is 0.199 e. The van der Waals surface area contributed by atoms with Crippen LogP contribution in [0.2, 0.25) is 0 Å². The molecule has 0 saturated heterocycles. The minimum atomic E-state index is -1.77. The number of hydrogen-bond acceptors (Lipinski definition) is 1. The van der Waals surface area contributed by atoms with Crippen LogP contribution in [0.3, 0.4) is 0 Å². The molecule has 0 radical (unpaired) electrons. The molecule has 0 amide bonds. The molecule has 28 heavy (non-hydrogen) atoms. The van der Waals surface area contributed by atoms with Gasteiger partial charge in [0.15, 0.2) is 23.3 Å². The van der Waals surface area contributed by atoms with E-state index in [9.17, 15) is 17.6 Å². The second-order valence-electron chi connectivity index (χ2n) is 7.91. The van der Waals surface area contributed by atoms with Crippen molar-refractivity contribution in [3.05, 3.63) is 41.7 Å². The summed E-state index contributed by atoms with van der Waals surface area (Å²) in [7, 11) is -0.692. The minimum Gasteiger partial charge on any atom is -0.297 e. The quantitative estimate of drug-likeness (QED) is 0.253. The number of benzene rings is 1. The van der Waals surface area contributed by atoms with Gasteiger partial charge in [-0.05, 0) is 44.9 Å². The third-order valence-electron chi connectivity index (χ3n) is 6.13. The summed E-state index contributed by atoms with van der Waals surface area (Å²) in [6.07, 6.45) is 14.8. The van der Waals surface area contributed by atoms with Crippen LogP contribution in [-0.2, 0) is 0 Å². The number of halogens is 4. The molecule has 2 aromatic rings. The zero-order valence-corrected chi connectivity index (χ0v) is 16.7. The van der Waals surface area contributed by atoms with E-state index < -0.39 is 31.2 Å². The molecule has 0 aliphatic heterocycles. The van der Waals surface area contributed by atoms with E-state index in [1.165, 1.54) is 43.1 Å². The lowest BCUT2D eigenvalue weighted by Gasteiger charge is -2.38. The van der Waals surface area contributed by atoms with Gasteiger partial charge in [-0.25, -0.2) is 22.5 Å². The molecule has 1 heterocycles. The zero-order chi connectivity index (χ0) is 19.7. The van der Waals surface area contributed by atoms with Gasteiger partial charge in [0.05, 0.1) is 5.69 Å². The summed E-state index contributed by atoms with van der Waals surface area (Å²) < 4.78 is 57.1. The van der Waals surface area contributed by atoms with Gasteiger partial charge in [-0.2, -0.15) is 0 Å². The van der Waals surface area contributed by atoms with Gasteiger partial charge in [0.25, 0.3) is 0 Å². The molecule has 4 rings (SSSR count). The highest BCUT2D eigenvalue weighted by Gasteiger charge is 2.35. The highest BCUT2D eigenvalue weighted by atomic mass is 31.1. The van der Waals surface area contributed by atoms with Gasteiger partial charge in [0.1, 0.15) is 5.57 Å². The average molecular weight is 412 g/mol. The molecule has 2 fully saturated rings. The molecule has 152 valence electrons. The Kier molecular flexibility index (Phi) is 6.05. The lowest BCUT2D eigenvalue weighted by atomic mass is 9.99. The molecule has 0 spiro atoms. The second-order valence-corrected chi connectivity index (χ2v) is 10.6. The Morgan fingerprint density at radius 2 is 1.36 bits per heavy atom. The largest absolute Gasteiger partial charge is 0.297 e. The molecule has 2 nitrogen and oxygen atoms in total. The summed E-state index contributed by atoms with van der Waals surface area (Å²) in [5.74, 6) is -6.28. The molecule has 0 N–H and O–H groups in total. The summed E-state index contributed by atoms with van der Waals surface area (Å²) in [5, 5.41) is 0. The van der Waals surface area contributed by atoms with Crippen LogP contribution in [0.25, 0.3) is 5.69 Å². The smallest absolute Gasteiger partial charge is 0.199 e. The minimum absolute atomic E-state index is 0.289. The fraction of sp³-hybridized carbons (Fsp3) is 0.571. The highest BCUT2D eigenvalue weighted by Crippen LogP contribution is 2.54. The monoisotopic (exact) mass is 412 g/mol. The summed E-state index contributed by atoms with van der Waals surface area (Å²) in [6, 6.07) is 0.744. The van der Waals surface area contributed by atoms with E-state index in [4.69, 9.17) is 0 Å². The van der Waals surface area contributed by atoms with Crippen LogP contribution in [0.5, 0.6) is 0 Å². The molecule has 0 unspecified atom stereocenters. The lowest BCUT2D eigenvalue weighted by Crippen LogP contribution is -2.31. The molecule has 7 heteroatoms. The van der Waals surface area contributed by atoms with E-state index in [0.29, 0.717) is 11.3 Å². The SMILES string of the molecule is Fc1cc(-n2ccnc2P(C2CCCCC2)C2CCCCC2)c(F)c(F)c1F. The van der Waals surface area contributed by atoms with Crippen molar-refractivity contribution < 1.29 is 17.6 Å². The molecule has 0 bridgehead atoms. The summed E-state index contributed by atoms with van der Waals surface area (Å²) in [6.45, 7) is 0. The zero-order valence-electron chi connectivity index (χ0n) is 15.8. The third kappa shape index (κ3) is 3.72. The van der Waals surface area contributed by atoms with Crippen molar-refractivity contribution in [1.82, 2.24) is 9.55 Å². The van der Waals surface area contributed by atoms with Crippen molar-refractivity contribution in [2.45, 2.75) is 75.5 Å². The van der Waals surface area contributed by atoms with E-state index in [1.54, 1.807) is 12.4 Å². The number of aromatic nitrogens is 2. The topological polar surface area (TPSA) is 17.8 Å². The first-order valence-electron chi connectivity index (χ1n) is 10.2. The van der Waals surface area contributed by atoms with Crippen molar-refractivity contribution in [2.24, 2.45) is 0 Å². The average Bonchev–Trinajstić information content (AvgIpc) is 3.20. The first kappa shape index (κ1) is 19.9. The molecular formula is C21H25F4N2P. The van der Waals surface area contributed by atoms with Gasteiger partial charge < -0.3 is 0 Å². The molecular weight excluding hydrogens is 387 g/mol. The van der Waals surface area contributed by atoms with E-state index in [0.717, 1.165) is 37.3 Å². The Hall–Kier alpha value is -1.42. The van der Waals surface area contributed by atoms with Gasteiger partial charge in [-0.3, -0.25) is 4.57 Å². The second kappa shape index (κ2) is 8.52. The Morgan fingerprint density at radius 1 is 0.786 bits per heavy atom. The van der Waals surface area contributed by atoms with Crippen molar-refractivity contribution in [3.8, 4) is 5.69 Å². The number of imidazole rings is 1. The first-order chi connectivity index (χ1) is 13.6. The van der Waals surface area contributed by atoms with Crippen molar-refractivity contribution >= 4 is 13.5 Å². The van der Waals surface area contributed by atoms with E-state index in [-0.39, 0.29) is 5.69 Å². The molecule has 2 aliphatic rings. The van der Waals surface area contributed by atoms with E-state index in [1.807, 2.05) is 0 Å². The van der Waals surface area contributed by atoms with Crippen LogP contribution in [-0.4, -0.2) is 20.9 Å². The van der Waals surface area contributed by atoms with Gasteiger partial charge in [0.2, 0.25) is 0 Å². The summed E-state index contributed by atoms with van der Waals surface area (Å²) >= 11 is 0. The van der Waals surface area contributed by atoms with Crippen LogP contribution in [0.4, 0.5) is 17.6 Å². The Morgan fingerprint density at radius 3 is 1.93 bits per heavy atom. The summed E-state index contributed by atoms with van der Waals surface area (Å²) in [4.78, 5) is 4.55.